The van der Waals surface area contributed by atoms with Crippen molar-refractivity contribution in [1.82, 2.24) is 9.80 Å². The Labute approximate surface area is 145 Å². The number of ether oxygens (including phenoxy) is 1. The molecule has 1 aromatic carbocycles. The van der Waals surface area contributed by atoms with Crippen molar-refractivity contribution in [2.24, 2.45) is 11.8 Å². The van der Waals surface area contributed by atoms with Gasteiger partial charge >= 0.3 is 6.09 Å². The van der Waals surface area contributed by atoms with Gasteiger partial charge in [0.15, 0.2) is 0 Å². The third-order valence-corrected chi connectivity index (χ3v) is 5.15. The molecule has 0 N–H and O–H groups in total. The summed E-state index contributed by atoms with van der Waals surface area (Å²) in [7, 11) is 0. The third-order valence-electron chi connectivity index (χ3n) is 5.15. The molecular weight excluding hydrogens is 300 g/mol. The maximum absolute atomic E-state index is 12.5. The number of fused-ring (bicyclic) bond motifs is 2. The largest absolute Gasteiger partial charge is 0.444 e. The first kappa shape index (κ1) is 17.3. The first-order chi connectivity index (χ1) is 11.3. The monoisotopic (exact) mass is 330 g/mol. The fraction of sp³-hybridized carbons (Fsp3) is 0.650. The quantitative estimate of drug-likeness (QED) is 0.827. The molecule has 0 aliphatic carbocycles. The number of likely N-dealkylation sites (tertiary alicyclic amines) is 2. The van der Waals surface area contributed by atoms with Gasteiger partial charge in [-0.05, 0) is 51.5 Å². The summed E-state index contributed by atoms with van der Waals surface area (Å²) in [6, 6.07) is 10.9. The predicted molar refractivity (Wildman–Crippen MR) is 95.7 cm³/mol. The van der Waals surface area contributed by atoms with Crippen molar-refractivity contribution in [2.75, 3.05) is 19.6 Å². The lowest BCUT2D eigenvalue weighted by Gasteiger charge is -2.49. The van der Waals surface area contributed by atoms with Crippen LogP contribution >= 0.6 is 0 Å². The maximum Gasteiger partial charge on any atom is 0.410 e. The smallest absolute Gasteiger partial charge is 0.410 e. The topological polar surface area (TPSA) is 32.8 Å². The van der Waals surface area contributed by atoms with Crippen molar-refractivity contribution in [3.8, 4) is 0 Å². The molecule has 4 nitrogen and oxygen atoms in total. The van der Waals surface area contributed by atoms with E-state index in [-0.39, 0.29) is 12.1 Å². The Balaban J connectivity index is 1.63. The summed E-state index contributed by atoms with van der Waals surface area (Å²) in [5.41, 5.74) is 0.942. The molecule has 0 aromatic heterocycles. The molecule has 0 radical (unpaired) electrons. The molecule has 2 unspecified atom stereocenters. The number of piperidine rings is 2. The van der Waals surface area contributed by atoms with Gasteiger partial charge in [-0.2, -0.15) is 0 Å². The Bertz CT molecular complexity index is 567. The van der Waals surface area contributed by atoms with Crippen molar-refractivity contribution >= 4 is 6.09 Å². The predicted octanol–water partition coefficient (Wildman–Crippen LogP) is 3.76. The molecule has 2 heterocycles. The zero-order valence-corrected chi connectivity index (χ0v) is 15.4. The third kappa shape index (κ3) is 4.10. The first-order valence-electron chi connectivity index (χ1n) is 9.08. The molecule has 3 atom stereocenters. The normalized spacial score (nSPS) is 27.8. The summed E-state index contributed by atoms with van der Waals surface area (Å²) in [6.07, 6.45) is 1.08. The summed E-state index contributed by atoms with van der Waals surface area (Å²) < 4.78 is 5.61. The van der Waals surface area contributed by atoms with Gasteiger partial charge in [0, 0.05) is 32.2 Å². The summed E-state index contributed by atoms with van der Waals surface area (Å²) in [5.74, 6) is 1.09. The summed E-state index contributed by atoms with van der Waals surface area (Å²) in [4.78, 5) is 17.0. The Morgan fingerprint density at radius 2 is 1.88 bits per heavy atom. The van der Waals surface area contributed by atoms with Gasteiger partial charge in [0.1, 0.15) is 5.60 Å². The van der Waals surface area contributed by atoms with Crippen molar-refractivity contribution in [3.05, 3.63) is 35.9 Å². The second kappa shape index (κ2) is 6.75. The number of carbonyl (C=O) groups is 1. The van der Waals surface area contributed by atoms with E-state index >= 15 is 0 Å². The van der Waals surface area contributed by atoms with E-state index in [0.29, 0.717) is 11.8 Å². The van der Waals surface area contributed by atoms with Crippen molar-refractivity contribution in [2.45, 2.75) is 52.3 Å². The molecule has 0 saturated carbocycles. The highest BCUT2D eigenvalue weighted by molar-refractivity contribution is 5.68. The molecule has 0 spiro atoms. The van der Waals surface area contributed by atoms with Crippen LogP contribution in [0.3, 0.4) is 0 Å². The standard InChI is InChI=1S/C20H30N2O2/c1-15-18-10-17(13-22(15)19(23)24-20(2,3)4)12-21(14-18)11-16-8-6-5-7-9-16/h5-9,15,17-18H,10-14H2,1-4H3/t15?,17-,18?/m1/s1. The zero-order valence-electron chi connectivity index (χ0n) is 15.4. The molecule has 2 aliphatic heterocycles. The second-order valence-electron chi connectivity index (χ2n) is 8.41. The van der Waals surface area contributed by atoms with Gasteiger partial charge in [-0.25, -0.2) is 4.79 Å². The van der Waals surface area contributed by atoms with Crippen LogP contribution < -0.4 is 0 Å². The van der Waals surface area contributed by atoms with Gasteiger partial charge in [0.05, 0.1) is 0 Å². The summed E-state index contributed by atoms with van der Waals surface area (Å²) in [6.45, 7) is 11.9. The van der Waals surface area contributed by atoms with Crippen LogP contribution in [-0.2, 0) is 11.3 Å². The van der Waals surface area contributed by atoms with Gasteiger partial charge < -0.3 is 9.64 Å². The molecule has 2 saturated heterocycles. The molecule has 1 amide bonds. The number of benzene rings is 1. The molecule has 24 heavy (non-hydrogen) atoms. The molecule has 2 bridgehead atoms. The summed E-state index contributed by atoms with van der Waals surface area (Å²) >= 11 is 0. The highest BCUT2D eigenvalue weighted by Gasteiger charge is 2.41. The lowest BCUT2D eigenvalue weighted by atomic mass is 9.80. The van der Waals surface area contributed by atoms with Crippen LogP contribution in [-0.4, -0.2) is 47.2 Å². The van der Waals surface area contributed by atoms with E-state index in [1.165, 1.54) is 12.0 Å². The molecular formula is C20H30N2O2. The van der Waals surface area contributed by atoms with E-state index in [9.17, 15) is 4.79 Å². The van der Waals surface area contributed by atoms with Gasteiger partial charge in [0.2, 0.25) is 0 Å². The zero-order chi connectivity index (χ0) is 17.3. The lowest BCUT2D eigenvalue weighted by molar-refractivity contribution is -0.0333. The van der Waals surface area contributed by atoms with E-state index < -0.39 is 5.60 Å². The first-order valence-corrected chi connectivity index (χ1v) is 9.08. The van der Waals surface area contributed by atoms with E-state index in [1.54, 1.807) is 0 Å². The second-order valence-corrected chi connectivity index (χ2v) is 8.41. The van der Waals surface area contributed by atoms with E-state index in [1.807, 2.05) is 25.7 Å². The molecule has 132 valence electrons. The molecule has 2 aliphatic rings. The SMILES string of the molecule is CC1C2C[C@H](CN(Cc3ccccc3)C2)CN1C(=O)OC(C)(C)C. The number of rotatable bonds is 2. The number of amides is 1. The minimum Gasteiger partial charge on any atom is -0.444 e. The van der Waals surface area contributed by atoms with Crippen LogP contribution in [0.1, 0.15) is 39.7 Å². The van der Waals surface area contributed by atoms with Gasteiger partial charge in [-0.15, -0.1) is 0 Å². The van der Waals surface area contributed by atoms with Crippen LogP contribution in [0.2, 0.25) is 0 Å². The maximum atomic E-state index is 12.5. The van der Waals surface area contributed by atoms with E-state index in [4.69, 9.17) is 4.74 Å². The molecule has 2 fully saturated rings. The van der Waals surface area contributed by atoms with Gasteiger partial charge in [-0.3, -0.25) is 4.90 Å². The van der Waals surface area contributed by atoms with E-state index in [0.717, 1.165) is 26.2 Å². The van der Waals surface area contributed by atoms with Crippen LogP contribution in [0.15, 0.2) is 30.3 Å². The van der Waals surface area contributed by atoms with Crippen LogP contribution in [0.25, 0.3) is 0 Å². The minimum atomic E-state index is -0.428. The Kier molecular flexibility index (Phi) is 4.86. The fourth-order valence-corrected chi connectivity index (χ4v) is 4.06. The van der Waals surface area contributed by atoms with Crippen molar-refractivity contribution in [3.63, 3.8) is 0 Å². The highest BCUT2D eigenvalue weighted by atomic mass is 16.6. The van der Waals surface area contributed by atoms with Gasteiger partial charge in [0.25, 0.3) is 0 Å². The Morgan fingerprint density at radius 1 is 1.17 bits per heavy atom. The van der Waals surface area contributed by atoms with Gasteiger partial charge in [-0.1, -0.05) is 30.3 Å². The Morgan fingerprint density at radius 3 is 2.54 bits per heavy atom. The van der Waals surface area contributed by atoms with E-state index in [2.05, 4.69) is 42.2 Å². The van der Waals surface area contributed by atoms with Crippen LogP contribution in [0.5, 0.6) is 0 Å². The van der Waals surface area contributed by atoms with Crippen LogP contribution in [0, 0.1) is 11.8 Å². The lowest BCUT2D eigenvalue weighted by Crippen LogP contribution is -2.58. The Hall–Kier alpha value is -1.55. The number of carbonyl (C=O) groups excluding carboxylic acids is 1. The average Bonchev–Trinajstić information content (AvgIpc) is 2.50. The highest BCUT2D eigenvalue weighted by Crippen LogP contribution is 2.34. The van der Waals surface area contributed by atoms with Crippen molar-refractivity contribution < 1.29 is 9.53 Å². The molecule has 3 rings (SSSR count). The van der Waals surface area contributed by atoms with Crippen LogP contribution in [0.4, 0.5) is 4.79 Å². The fourth-order valence-electron chi connectivity index (χ4n) is 4.06. The average molecular weight is 330 g/mol. The molecule has 1 aromatic rings. The number of hydrogen-bond donors (Lipinski definition) is 0. The number of hydrogen-bond acceptors (Lipinski definition) is 3. The minimum absolute atomic E-state index is 0.152. The number of nitrogens with zero attached hydrogens (tertiary/aromatic N) is 2. The summed E-state index contributed by atoms with van der Waals surface area (Å²) in [5, 5.41) is 0. The molecule has 4 heteroatoms. The van der Waals surface area contributed by atoms with Crippen molar-refractivity contribution in [1.29, 1.82) is 0 Å².